The molecule has 0 radical (unpaired) electrons. The van der Waals surface area contributed by atoms with E-state index in [-0.39, 0.29) is 17.3 Å². The number of hydrogen-bond donors (Lipinski definition) is 1. The van der Waals surface area contributed by atoms with E-state index < -0.39 is 16.3 Å². The predicted octanol–water partition coefficient (Wildman–Crippen LogP) is 0.286. The number of amides is 1. The van der Waals surface area contributed by atoms with Crippen LogP contribution in [0.4, 0.5) is 0 Å². The van der Waals surface area contributed by atoms with E-state index in [0.717, 1.165) is 4.31 Å². The van der Waals surface area contributed by atoms with Crippen molar-refractivity contribution < 1.29 is 22.7 Å². The van der Waals surface area contributed by atoms with Gasteiger partial charge in [-0.15, -0.1) is 0 Å². The van der Waals surface area contributed by atoms with Crippen molar-refractivity contribution in [2.45, 2.75) is 11.2 Å². The molecule has 1 amide bonds. The lowest BCUT2D eigenvalue weighted by molar-refractivity contribution is -0.0974. The predicted molar refractivity (Wildman–Crippen MR) is 77.5 cm³/mol. The number of rotatable bonds is 7. The highest BCUT2D eigenvalue weighted by atomic mass is 32.2. The van der Waals surface area contributed by atoms with Crippen molar-refractivity contribution in [1.29, 1.82) is 0 Å². The summed E-state index contributed by atoms with van der Waals surface area (Å²) in [5.74, 6) is -0.331. The van der Waals surface area contributed by atoms with Gasteiger partial charge >= 0.3 is 0 Å². The van der Waals surface area contributed by atoms with Gasteiger partial charge in [-0.2, -0.15) is 0 Å². The number of carbonyl (C=O) groups is 1. The maximum Gasteiger partial charge on any atom is 0.251 e. The van der Waals surface area contributed by atoms with Crippen molar-refractivity contribution in [3.8, 4) is 0 Å². The molecule has 0 bridgehead atoms. The minimum absolute atomic E-state index is 0.135. The van der Waals surface area contributed by atoms with E-state index >= 15 is 0 Å². The smallest absolute Gasteiger partial charge is 0.251 e. The Hall–Kier alpha value is -1.48. The van der Waals surface area contributed by atoms with Crippen molar-refractivity contribution in [2.24, 2.45) is 0 Å². The van der Waals surface area contributed by atoms with Gasteiger partial charge in [0.15, 0.2) is 6.29 Å². The molecule has 1 aromatic carbocycles. The van der Waals surface area contributed by atoms with Crippen molar-refractivity contribution in [3.05, 3.63) is 29.8 Å². The Bertz CT molecular complexity index is 565. The van der Waals surface area contributed by atoms with Crippen LogP contribution < -0.4 is 5.32 Å². The fourth-order valence-corrected chi connectivity index (χ4v) is 2.43. The quantitative estimate of drug-likeness (QED) is 0.731. The van der Waals surface area contributed by atoms with Crippen LogP contribution in [0, 0.1) is 0 Å². The number of methoxy groups -OCH3 is 2. The first-order valence-electron chi connectivity index (χ1n) is 6.19. The van der Waals surface area contributed by atoms with E-state index in [2.05, 4.69) is 5.32 Å². The average molecular weight is 316 g/mol. The highest BCUT2D eigenvalue weighted by Crippen LogP contribution is 2.13. The van der Waals surface area contributed by atoms with Crippen molar-refractivity contribution in [3.63, 3.8) is 0 Å². The second kappa shape index (κ2) is 7.51. The van der Waals surface area contributed by atoms with Crippen LogP contribution in [-0.2, 0) is 19.5 Å². The molecular weight excluding hydrogens is 296 g/mol. The fraction of sp³-hybridized carbons (Fsp3) is 0.462. The number of carbonyl (C=O) groups excluding carboxylic acids is 1. The lowest BCUT2D eigenvalue weighted by atomic mass is 10.2. The zero-order valence-corrected chi connectivity index (χ0v) is 13.3. The van der Waals surface area contributed by atoms with Crippen molar-refractivity contribution >= 4 is 15.9 Å². The molecule has 7 nitrogen and oxygen atoms in total. The average Bonchev–Trinajstić information content (AvgIpc) is 2.48. The van der Waals surface area contributed by atoms with E-state index in [1.54, 1.807) is 0 Å². The molecule has 0 atom stereocenters. The van der Waals surface area contributed by atoms with Crippen LogP contribution in [0.2, 0.25) is 0 Å². The Balaban J connectivity index is 2.77. The molecule has 0 unspecified atom stereocenters. The molecule has 1 aromatic rings. The van der Waals surface area contributed by atoms with Crippen LogP contribution in [0.3, 0.4) is 0 Å². The van der Waals surface area contributed by atoms with Crippen LogP contribution in [0.1, 0.15) is 10.4 Å². The minimum Gasteiger partial charge on any atom is -0.354 e. The number of nitrogens with one attached hydrogen (secondary N) is 1. The van der Waals surface area contributed by atoms with E-state index in [1.807, 2.05) is 0 Å². The summed E-state index contributed by atoms with van der Waals surface area (Å²) in [4.78, 5) is 12.0. The van der Waals surface area contributed by atoms with E-state index in [0.29, 0.717) is 5.56 Å². The van der Waals surface area contributed by atoms with Gasteiger partial charge in [-0.05, 0) is 24.3 Å². The van der Waals surface area contributed by atoms with E-state index in [4.69, 9.17) is 9.47 Å². The Morgan fingerprint density at radius 1 is 1.19 bits per heavy atom. The molecular formula is C13H20N2O5S. The number of sulfonamides is 1. The molecule has 0 aliphatic carbocycles. The van der Waals surface area contributed by atoms with Gasteiger partial charge in [-0.1, -0.05) is 0 Å². The van der Waals surface area contributed by atoms with Gasteiger partial charge in [0.25, 0.3) is 5.91 Å². The summed E-state index contributed by atoms with van der Waals surface area (Å²) < 4.78 is 34.8. The number of nitrogens with zero attached hydrogens (tertiary/aromatic N) is 1. The molecule has 0 aliphatic heterocycles. The number of ether oxygens (including phenoxy) is 2. The van der Waals surface area contributed by atoms with Crippen LogP contribution in [0.5, 0.6) is 0 Å². The summed E-state index contributed by atoms with van der Waals surface area (Å²) in [5.41, 5.74) is 0.360. The third-order valence-electron chi connectivity index (χ3n) is 2.85. The van der Waals surface area contributed by atoms with Gasteiger partial charge in [-0.3, -0.25) is 4.79 Å². The van der Waals surface area contributed by atoms with Crippen LogP contribution in [0.25, 0.3) is 0 Å². The highest BCUT2D eigenvalue weighted by molar-refractivity contribution is 7.89. The molecule has 0 heterocycles. The van der Waals surface area contributed by atoms with Crippen LogP contribution in [0.15, 0.2) is 29.2 Å². The van der Waals surface area contributed by atoms with Gasteiger partial charge in [-0.25, -0.2) is 12.7 Å². The Morgan fingerprint density at radius 3 is 2.14 bits per heavy atom. The second-order valence-electron chi connectivity index (χ2n) is 4.42. The summed E-state index contributed by atoms with van der Waals surface area (Å²) in [6.45, 7) is 0.198. The SMILES string of the molecule is COC(CNC(=O)c1ccc(S(=O)(=O)N(C)C)cc1)OC. The molecule has 1 rings (SSSR count). The summed E-state index contributed by atoms with van der Waals surface area (Å²) in [6, 6.07) is 5.71. The van der Waals surface area contributed by atoms with Crippen molar-refractivity contribution in [1.82, 2.24) is 9.62 Å². The van der Waals surface area contributed by atoms with Crippen LogP contribution in [-0.4, -0.2) is 59.8 Å². The van der Waals surface area contributed by atoms with E-state index in [9.17, 15) is 13.2 Å². The molecule has 0 fully saturated rings. The maximum absolute atomic E-state index is 11.9. The number of benzene rings is 1. The van der Waals surface area contributed by atoms with Crippen molar-refractivity contribution in [2.75, 3.05) is 34.9 Å². The van der Waals surface area contributed by atoms with Crippen LogP contribution >= 0.6 is 0 Å². The topological polar surface area (TPSA) is 84.9 Å². The molecule has 0 spiro atoms. The minimum atomic E-state index is -3.49. The first-order chi connectivity index (χ1) is 9.82. The maximum atomic E-state index is 11.9. The highest BCUT2D eigenvalue weighted by Gasteiger charge is 2.17. The summed E-state index contributed by atoms with van der Waals surface area (Å²) in [6.07, 6.45) is -0.526. The zero-order valence-electron chi connectivity index (χ0n) is 12.5. The third-order valence-corrected chi connectivity index (χ3v) is 4.68. The van der Waals surface area contributed by atoms with Gasteiger partial charge in [0.1, 0.15) is 0 Å². The number of hydrogen-bond acceptors (Lipinski definition) is 5. The van der Waals surface area contributed by atoms with Gasteiger partial charge in [0.05, 0.1) is 11.4 Å². The first-order valence-corrected chi connectivity index (χ1v) is 7.63. The lowest BCUT2D eigenvalue weighted by Gasteiger charge is -2.14. The molecule has 118 valence electrons. The molecule has 21 heavy (non-hydrogen) atoms. The van der Waals surface area contributed by atoms with E-state index in [1.165, 1.54) is 52.6 Å². The Labute approximate surface area is 124 Å². The van der Waals surface area contributed by atoms with Gasteiger partial charge in [0.2, 0.25) is 10.0 Å². The molecule has 0 aromatic heterocycles. The first kappa shape index (κ1) is 17.6. The summed E-state index contributed by atoms with van der Waals surface area (Å²) in [5, 5.41) is 2.63. The monoisotopic (exact) mass is 316 g/mol. The molecule has 8 heteroatoms. The summed E-state index contributed by atoms with van der Waals surface area (Å²) in [7, 11) is 2.36. The Kier molecular flexibility index (Phi) is 6.28. The normalized spacial score (nSPS) is 11.9. The Morgan fingerprint density at radius 2 is 1.71 bits per heavy atom. The van der Waals surface area contributed by atoms with Gasteiger partial charge < -0.3 is 14.8 Å². The molecule has 0 aliphatic rings. The third kappa shape index (κ3) is 4.50. The standard InChI is InChI=1S/C13H20N2O5S/c1-15(2)21(17,18)11-7-5-10(6-8-11)13(16)14-9-12(19-3)20-4/h5-8,12H,9H2,1-4H3,(H,14,16). The lowest BCUT2D eigenvalue weighted by Crippen LogP contribution is -2.34. The largest absolute Gasteiger partial charge is 0.354 e. The fourth-order valence-electron chi connectivity index (χ4n) is 1.53. The second-order valence-corrected chi connectivity index (χ2v) is 6.57. The molecule has 0 saturated carbocycles. The zero-order chi connectivity index (χ0) is 16.0. The van der Waals surface area contributed by atoms with Gasteiger partial charge in [0, 0.05) is 33.9 Å². The summed E-state index contributed by atoms with van der Waals surface area (Å²) >= 11 is 0. The molecule has 0 saturated heterocycles. The molecule has 1 N–H and O–H groups in total.